The summed E-state index contributed by atoms with van der Waals surface area (Å²) in [6.45, 7) is 6.18. The molecule has 2 atom stereocenters. The van der Waals surface area contributed by atoms with Crippen molar-refractivity contribution >= 4 is 17.5 Å². The van der Waals surface area contributed by atoms with Gasteiger partial charge < -0.3 is 9.64 Å². The highest BCUT2D eigenvalue weighted by atomic mass is 35.5. The Morgan fingerprint density at radius 3 is 2.59 bits per heavy atom. The quantitative estimate of drug-likeness (QED) is 0.784. The summed E-state index contributed by atoms with van der Waals surface area (Å²) >= 11 is 5.79. The summed E-state index contributed by atoms with van der Waals surface area (Å²) in [7, 11) is 0. The number of benzene rings is 1. The second-order valence-electron chi connectivity index (χ2n) is 6.90. The van der Waals surface area contributed by atoms with Crippen LogP contribution in [0.3, 0.4) is 0 Å². The van der Waals surface area contributed by atoms with Crippen molar-refractivity contribution in [3.8, 4) is 5.88 Å². The van der Waals surface area contributed by atoms with E-state index in [9.17, 15) is 9.18 Å². The Balaban J connectivity index is 1.54. The fraction of sp³-hybridized carbons (Fsp3) is 0.400. The number of carbonyl (C=O) groups excluding carboxylic acids is 1. The largest absolute Gasteiger partial charge is 0.468 e. The second kappa shape index (κ2) is 8.67. The zero-order valence-corrected chi connectivity index (χ0v) is 16.2. The molecule has 27 heavy (non-hydrogen) atoms. The first kappa shape index (κ1) is 19.6. The van der Waals surface area contributed by atoms with E-state index in [1.54, 1.807) is 24.3 Å². The van der Waals surface area contributed by atoms with Crippen molar-refractivity contribution in [2.45, 2.75) is 32.5 Å². The van der Waals surface area contributed by atoms with E-state index >= 15 is 0 Å². The first-order chi connectivity index (χ1) is 12.9. The SMILES string of the molecule is C[C@@H]1CN(Cc2ccc(F)cc2)[C@@H](C)CN1C(=O)COc1ccc(Cl)cn1. The molecule has 0 radical (unpaired) electrons. The fourth-order valence-electron chi connectivity index (χ4n) is 3.26. The lowest BCUT2D eigenvalue weighted by atomic mass is 10.1. The first-order valence-electron chi connectivity index (χ1n) is 8.94. The number of carbonyl (C=O) groups is 1. The Hall–Kier alpha value is -2.18. The Morgan fingerprint density at radius 2 is 1.93 bits per heavy atom. The van der Waals surface area contributed by atoms with Gasteiger partial charge in [-0.25, -0.2) is 9.37 Å². The smallest absolute Gasteiger partial charge is 0.260 e. The van der Waals surface area contributed by atoms with Crippen LogP contribution in [-0.2, 0) is 11.3 Å². The van der Waals surface area contributed by atoms with Crippen LogP contribution in [0.15, 0.2) is 42.6 Å². The number of rotatable bonds is 5. The second-order valence-corrected chi connectivity index (χ2v) is 7.34. The van der Waals surface area contributed by atoms with E-state index in [4.69, 9.17) is 16.3 Å². The summed E-state index contributed by atoms with van der Waals surface area (Å²) in [6.07, 6.45) is 1.49. The lowest BCUT2D eigenvalue weighted by Crippen LogP contribution is -2.58. The molecule has 144 valence electrons. The summed E-state index contributed by atoms with van der Waals surface area (Å²) in [6, 6.07) is 10.1. The van der Waals surface area contributed by atoms with Crippen molar-refractivity contribution < 1.29 is 13.9 Å². The third-order valence-corrected chi connectivity index (χ3v) is 5.00. The van der Waals surface area contributed by atoms with Gasteiger partial charge in [0.2, 0.25) is 5.88 Å². The Morgan fingerprint density at radius 1 is 1.19 bits per heavy atom. The zero-order chi connectivity index (χ0) is 19.4. The van der Waals surface area contributed by atoms with E-state index in [1.807, 2.05) is 11.8 Å². The highest BCUT2D eigenvalue weighted by molar-refractivity contribution is 6.30. The van der Waals surface area contributed by atoms with Crippen molar-refractivity contribution in [3.05, 3.63) is 59.0 Å². The van der Waals surface area contributed by atoms with Crippen LogP contribution >= 0.6 is 11.6 Å². The maximum absolute atomic E-state index is 13.1. The van der Waals surface area contributed by atoms with Crippen LogP contribution in [0, 0.1) is 5.82 Å². The van der Waals surface area contributed by atoms with Gasteiger partial charge in [0.1, 0.15) is 5.82 Å². The molecule has 1 fully saturated rings. The number of hydrogen-bond donors (Lipinski definition) is 0. The normalized spacial score (nSPS) is 20.5. The van der Waals surface area contributed by atoms with Crippen LogP contribution in [0.5, 0.6) is 5.88 Å². The molecule has 7 heteroatoms. The van der Waals surface area contributed by atoms with Gasteiger partial charge in [0.05, 0.1) is 5.02 Å². The first-order valence-corrected chi connectivity index (χ1v) is 9.32. The zero-order valence-electron chi connectivity index (χ0n) is 15.4. The van der Waals surface area contributed by atoms with E-state index in [1.165, 1.54) is 18.3 Å². The average molecular weight is 392 g/mol. The highest BCUT2D eigenvalue weighted by Gasteiger charge is 2.32. The molecule has 1 saturated heterocycles. The maximum Gasteiger partial charge on any atom is 0.260 e. The fourth-order valence-corrected chi connectivity index (χ4v) is 3.37. The van der Waals surface area contributed by atoms with Crippen molar-refractivity contribution in [1.29, 1.82) is 0 Å². The van der Waals surface area contributed by atoms with E-state index in [0.717, 1.165) is 18.7 Å². The molecule has 0 N–H and O–H groups in total. The van der Waals surface area contributed by atoms with Crippen molar-refractivity contribution in [1.82, 2.24) is 14.8 Å². The van der Waals surface area contributed by atoms with E-state index in [2.05, 4.69) is 16.8 Å². The molecule has 2 heterocycles. The van der Waals surface area contributed by atoms with Gasteiger partial charge in [0.25, 0.3) is 5.91 Å². The Bertz CT molecular complexity index is 770. The third kappa shape index (κ3) is 5.17. The number of pyridine rings is 1. The third-order valence-electron chi connectivity index (χ3n) is 4.78. The number of piperazine rings is 1. The van der Waals surface area contributed by atoms with Crippen LogP contribution < -0.4 is 4.74 Å². The van der Waals surface area contributed by atoms with Gasteiger partial charge in [0, 0.05) is 44.0 Å². The van der Waals surface area contributed by atoms with Gasteiger partial charge in [-0.05, 0) is 37.6 Å². The molecule has 1 amide bonds. The molecular formula is C20H23ClFN3O2. The van der Waals surface area contributed by atoms with Crippen molar-refractivity contribution in [3.63, 3.8) is 0 Å². The number of amides is 1. The summed E-state index contributed by atoms with van der Waals surface area (Å²) in [5, 5.41) is 0.522. The summed E-state index contributed by atoms with van der Waals surface area (Å²) < 4.78 is 18.6. The van der Waals surface area contributed by atoms with Crippen LogP contribution in [0.2, 0.25) is 5.02 Å². The Kier molecular flexibility index (Phi) is 6.29. The van der Waals surface area contributed by atoms with Crippen LogP contribution in [0.4, 0.5) is 4.39 Å². The van der Waals surface area contributed by atoms with Crippen molar-refractivity contribution in [2.75, 3.05) is 19.7 Å². The van der Waals surface area contributed by atoms with Crippen LogP contribution in [0.1, 0.15) is 19.4 Å². The number of hydrogen-bond acceptors (Lipinski definition) is 4. The molecule has 1 aromatic heterocycles. The van der Waals surface area contributed by atoms with Gasteiger partial charge in [-0.15, -0.1) is 0 Å². The van der Waals surface area contributed by atoms with E-state index in [0.29, 0.717) is 17.4 Å². The predicted octanol–water partition coefficient (Wildman–Crippen LogP) is 3.37. The molecule has 3 rings (SSSR count). The lowest BCUT2D eigenvalue weighted by molar-refractivity contribution is -0.139. The van der Waals surface area contributed by atoms with Crippen LogP contribution in [0.25, 0.3) is 0 Å². The Labute approximate surface area is 163 Å². The molecule has 0 bridgehead atoms. The molecule has 1 aliphatic rings. The molecule has 5 nitrogen and oxygen atoms in total. The minimum Gasteiger partial charge on any atom is -0.468 e. The number of nitrogens with zero attached hydrogens (tertiary/aromatic N) is 3. The minimum absolute atomic E-state index is 0.0519. The molecule has 0 unspecified atom stereocenters. The summed E-state index contributed by atoms with van der Waals surface area (Å²) in [5.41, 5.74) is 1.06. The number of aromatic nitrogens is 1. The van der Waals surface area contributed by atoms with Gasteiger partial charge in [-0.1, -0.05) is 23.7 Å². The maximum atomic E-state index is 13.1. The molecule has 1 aliphatic heterocycles. The predicted molar refractivity (Wildman–Crippen MR) is 102 cm³/mol. The van der Waals surface area contributed by atoms with Gasteiger partial charge >= 0.3 is 0 Å². The van der Waals surface area contributed by atoms with E-state index < -0.39 is 0 Å². The molecule has 0 aliphatic carbocycles. The summed E-state index contributed by atoms with van der Waals surface area (Å²) in [4.78, 5) is 20.8. The average Bonchev–Trinajstić information content (AvgIpc) is 2.65. The van der Waals surface area contributed by atoms with E-state index in [-0.39, 0.29) is 30.4 Å². The lowest BCUT2D eigenvalue weighted by Gasteiger charge is -2.44. The molecular weight excluding hydrogens is 369 g/mol. The molecule has 0 spiro atoms. The molecule has 1 aromatic carbocycles. The van der Waals surface area contributed by atoms with Gasteiger partial charge in [-0.3, -0.25) is 9.69 Å². The molecule has 2 aromatic rings. The van der Waals surface area contributed by atoms with Crippen LogP contribution in [-0.4, -0.2) is 52.5 Å². The van der Waals surface area contributed by atoms with Gasteiger partial charge in [0.15, 0.2) is 6.61 Å². The standard InChI is InChI=1S/C20H23ClFN3O2/c1-14-11-25(20(26)13-27-19-8-5-17(21)9-23-19)15(2)10-24(14)12-16-3-6-18(22)7-4-16/h3-9,14-15H,10-13H2,1-2H3/t14-,15+/m0/s1. The highest BCUT2D eigenvalue weighted by Crippen LogP contribution is 2.19. The monoisotopic (exact) mass is 391 g/mol. The topological polar surface area (TPSA) is 45.7 Å². The van der Waals surface area contributed by atoms with Gasteiger partial charge in [-0.2, -0.15) is 0 Å². The van der Waals surface area contributed by atoms with Crippen molar-refractivity contribution in [2.24, 2.45) is 0 Å². The number of ether oxygens (including phenoxy) is 1. The summed E-state index contributed by atoms with van der Waals surface area (Å²) in [5.74, 6) is 0.0849. The number of halogens is 2. The minimum atomic E-state index is -0.231. The molecule has 0 saturated carbocycles.